The lowest BCUT2D eigenvalue weighted by molar-refractivity contribution is 0.0303. The van der Waals surface area contributed by atoms with Crippen LogP contribution in [0.5, 0.6) is 0 Å². The molecule has 1 amide bonds. The highest BCUT2D eigenvalue weighted by Crippen LogP contribution is 2.17. The maximum absolute atomic E-state index is 12.2. The monoisotopic (exact) mass is 269 g/mol. The number of morpholine rings is 1. The molecule has 0 spiro atoms. The topological polar surface area (TPSA) is 70.0 Å². The van der Waals surface area contributed by atoms with Gasteiger partial charge in [-0.15, -0.1) is 0 Å². The predicted molar refractivity (Wildman–Crippen MR) is 68.0 cm³/mol. The summed E-state index contributed by atoms with van der Waals surface area (Å²) in [6.45, 7) is 2.04. The number of nitrogens with zero attached hydrogens (tertiary/aromatic N) is 1. The maximum Gasteiger partial charge on any atom is 0.488 e. The summed E-state index contributed by atoms with van der Waals surface area (Å²) >= 11 is 5.97. The van der Waals surface area contributed by atoms with Crippen LogP contribution in [-0.4, -0.2) is 54.3 Å². The number of carbonyl (C=O) groups is 1. The molecule has 0 saturated carbocycles. The van der Waals surface area contributed by atoms with Gasteiger partial charge in [-0.2, -0.15) is 0 Å². The van der Waals surface area contributed by atoms with E-state index in [4.69, 9.17) is 26.4 Å². The summed E-state index contributed by atoms with van der Waals surface area (Å²) in [5, 5.41) is 18.5. The Bertz CT molecular complexity index is 449. The van der Waals surface area contributed by atoms with E-state index in [2.05, 4.69) is 0 Å². The second-order valence-electron chi connectivity index (χ2n) is 4.02. The third kappa shape index (κ3) is 2.84. The van der Waals surface area contributed by atoms with Gasteiger partial charge >= 0.3 is 7.12 Å². The number of ether oxygens (including phenoxy) is 1. The zero-order valence-corrected chi connectivity index (χ0v) is 10.4. The molecule has 5 nitrogen and oxygen atoms in total. The van der Waals surface area contributed by atoms with E-state index in [1.165, 1.54) is 18.2 Å². The first kappa shape index (κ1) is 13.4. The molecule has 0 atom stereocenters. The summed E-state index contributed by atoms with van der Waals surface area (Å²) in [6.07, 6.45) is 0. The minimum absolute atomic E-state index is 0.217. The van der Waals surface area contributed by atoms with Gasteiger partial charge in [-0.3, -0.25) is 4.79 Å². The van der Waals surface area contributed by atoms with Crippen molar-refractivity contribution in [1.82, 2.24) is 4.90 Å². The normalized spacial score (nSPS) is 15.6. The van der Waals surface area contributed by atoms with Crippen molar-refractivity contribution < 1.29 is 19.6 Å². The van der Waals surface area contributed by atoms with Gasteiger partial charge < -0.3 is 19.7 Å². The highest BCUT2D eigenvalue weighted by Gasteiger charge is 2.22. The van der Waals surface area contributed by atoms with Gasteiger partial charge in [-0.25, -0.2) is 0 Å². The van der Waals surface area contributed by atoms with Crippen molar-refractivity contribution in [2.75, 3.05) is 26.3 Å². The Hall–Kier alpha value is -1.08. The number of rotatable bonds is 2. The number of benzene rings is 1. The molecule has 1 aliphatic rings. The molecule has 1 fully saturated rings. The van der Waals surface area contributed by atoms with Crippen molar-refractivity contribution in [2.45, 2.75) is 0 Å². The van der Waals surface area contributed by atoms with E-state index in [-0.39, 0.29) is 16.9 Å². The van der Waals surface area contributed by atoms with E-state index in [1.807, 2.05) is 0 Å². The third-order valence-corrected chi connectivity index (χ3v) is 3.15. The Morgan fingerprint density at radius 1 is 1.33 bits per heavy atom. The van der Waals surface area contributed by atoms with E-state index in [9.17, 15) is 4.79 Å². The zero-order chi connectivity index (χ0) is 13.1. The van der Waals surface area contributed by atoms with Crippen LogP contribution >= 0.6 is 11.6 Å². The van der Waals surface area contributed by atoms with Crippen LogP contribution in [-0.2, 0) is 4.74 Å². The molecule has 1 aromatic carbocycles. The average molecular weight is 269 g/mol. The standard InChI is InChI=1S/C11H13BClNO4/c13-10-2-1-8(12(16)17)7-9(10)11(15)14-3-5-18-6-4-14/h1-2,7,16-17H,3-6H2. The molecule has 1 saturated heterocycles. The van der Waals surface area contributed by atoms with Crippen LogP contribution in [0.4, 0.5) is 0 Å². The highest BCUT2D eigenvalue weighted by atomic mass is 35.5. The second kappa shape index (κ2) is 5.71. The number of carbonyl (C=O) groups excluding carboxylic acids is 1. The lowest BCUT2D eigenvalue weighted by atomic mass is 9.79. The van der Waals surface area contributed by atoms with Crippen molar-refractivity contribution in [3.8, 4) is 0 Å². The van der Waals surface area contributed by atoms with Crippen molar-refractivity contribution in [3.05, 3.63) is 28.8 Å². The van der Waals surface area contributed by atoms with E-state index < -0.39 is 7.12 Å². The van der Waals surface area contributed by atoms with Crippen LogP contribution in [0.15, 0.2) is 18.2 Å². The van der Waals surface area contributed by atoms with Crippen LogP contribution in [0.25, 0.3) is 0 Å². The molecule has 1 aromatic rings. The van der Waals surface area contributed by atoms with Crippen molar-refractivity contribution >= 4 is 30.1 Å². The van der Waals surface area contributed by atoms with E-state index >= 15 is 0 Å². The van der Waals surface area contributed by atoms with Crippen LogP contribution in [0, 0.1) is 0 Å². The molecule has 7 heteroatoms. The molecule has 0 unspecified atom stereocenters. The summed E-state index contributed by atoms with van der Waals surface area (Å²) in [4.78, 5) is 13.9. The van der Waals surface area contributed by atoms with Gasteiger partial charge in [0, 0.05) is 13.1 Å². The second-order valence-corrected chi connectivity index (χ2v) is 4.42. The van der Waals surface area contributed by atoms with Crippen LogP contribution < -0.4 is 5.46 Å². The Morgan fingerprint density at radius 2 is 2.00 bits per heavy atom. The van der Waals surface area contributed by atoms with Crippen LogP contribution in [0.2, 0.25) is 5.02 Å². The third-order valence-electron chi connectivity index (χ3n) is 2.82. The van der Waals surface area contributed by atoms with Crippen molar-refractivity contribution in [2.24, 2.45) is 0 Å². The number of hydrogen-bond acceptors (Lipinski definition) is 4. The number of hydrogen-bond donors (Lipinski definition) is 2. The highest BCUT2D eigenvalue weighted by molar-refractivity contribution is 6.58. The molecular formula is C11H13BClNO4. The Labute approximate surface area is 110 Å². The molecule has 0 aromatic heterocycles. The molecule has 1 aliphatic heterocycles. The average Bonchev–Trinajstić information content (AvgIpc) is 2.39. The van der Waals surface area contributed by atoms with Gasteiger partial charge in [0.2, 0.25) is 0 Å². The molecule has 2 rings (SSSR count). The Morgan fingerprint density at radius 3 is 2.61 bits per heavy atom. The van der Waals surface area contributed by atoms with Gasteiger partial charge in [0.1, 0.15) is 0 Å². The molecule has 96 valence electrons. The van der Waals surface area contributed by atoms with Crippen LogP contribution in [0.1, 0.15) is 10.4 Å². The van der Waals surface area contributed by atoms with Crippen LogP contribution in [0.3, 0.4) is 0 Å². The quantitative estimate of drug-likeness (QED) is 0.710. The lowest BCUT2D eigenvalue weighted by Crippen LogP contribution is -2.41. The largest absolute Gasteiger partial charge is 0.488 e. The van der Waals surface area contributed by atoms with Gasteiger partial charge in [-0.1, -0.05) is 17.7 Å². The summed E-state index contributed by atoms with van der Waals surface area (Å²) in [5.74, 6) is -0.217. The SMILES string of the molecule is O=C(c1cc(B(O)O)ccc1Cl)N1CCOCC1. The Balaban J connectivity index is 2.25. The van der Waals surface area contributed by atoms with Gasteiger partial charge in [-0.05, 0) is 17.6 Å². The molecule has 0 bridgehead atoms. The Kier molecular flexibility index (Phi) is 4.24. The predicted octanol–water partition coefficient (Wildman–Crippen LogP) is -0.508. The minimum atomic E-state index is -1.61. The molecule has 2 N–H and O–H groups in total. The maximum atomic E-state index is 12.2. The summed E-state index contributed by atoms with van der Waals surface area (Å²) in [5.41, 5.74) is 0.528. The van der Waals surface area contributed by atoms with Gasteiger partial charge in [0.15, 0.2) is 0 Å². The number of amides is 1. The van der Waals surface area contributed by atoms with Crippen molar-refractivity contribution in [3.63, 3.8) is 0 Å². The van der Waals surface area contributed by atoms with Crippen molar-refractivity contribution in [1.29, 1.82) is 0 Å². The van der Waals surface area contributed by atoms with E-state index in [0.717, 1.165) is 0 Å². The minimum Gasteiger partial charge on any atom is -0.423 e. The molecule has 0 radical (unpaired) electrons. The fourth-order valence-corrected chi connectivity index (χ4v) is 2.00. The summed E-state index contributed by atoms with van der Waals surface area (Å²) < 4.78 is 5.17. The van der Waals surface area contributed by atoms with E-state index in [0.29, 0.717) is 31.3 Å². The lowest BCUT2D eigenvalue weighted by Gasteiger charge is -2.27. The molecule has 1 heterocycles. The smallest absolute Gasteiger partial charge is 0.423 e. The molecule has 18 heavy (non-hydrogen) atoms. The molecular weight excluding hydrogens is 256 g/mol. The zero-order valence-electron chi connectivity index (χ0n) is 9.67. The fourth-order valence-electron chi connectivity index (χ4n) is 1.80. The van der Waals surface area contributed by atoms with Gasteiger partial charge in [0.25, 0.3) is 5.91 Å². The first-order chi connectivity index (χ1) is 8.59. The first-order valence-corrected chi connectivity index (χ1v) is 6.00. The number of halogens is 1. The molecule has 0 aliphatic carbocycles. The fraction of sp³-hybridized carbons (Fsp3) is 0.364. The van der Waals surface area contributed by atoms with Gasteiger partial charge in [0.05, 0.1) is 23.8 Å². The van der Waals surface area contributed by atoms with E-state index in [1.54, 1.807) is 4.90 Å². The summed E-state index contributed by atoms with van der Waals surface area (Å²) in [7, 11) is -1.61. The summed E-state index contributed by atoms with van der Waals surface area (Å²) in [6, 6.07) is 4.37. The first-order valence-electron chi connectivity index (χ1n) is 5.62.